The number of rotatable bonds is 10. The van der Waals surface area contributed by atoms with Gasteiger partial charge in [-0.05, 0) is 45.4 Å². The highest BCUT2D eigenvalue weighted by Gasteiger charge is 2.27. The monoisotopic (exact) mass is 442 g/mol. The van der Waals surface area contributed by atoms with E-state index in [-0.39, 0.29) is 34.5 Å². The summed E-state index contributed by atoms with van der Waals surface area (Å²) in [4.78, 5) is 26.0. The van der Waals surface area contributed by atoms with E-state index in [2.05, 4.69) is 0 Å². The van der Waals surface area contributed by atoms with Gasteiger partial charge in [0.05, 0.1) is 7.11 Å². The highest BCUT2D eigenvalue weighted by Crippen LogP contribution is 2.28. The molecular formula is C21H34N2O6S. The third-order valence-electron chi connectivity index (χ3n) is 4.37. The van der Waals surface area contributed by atoms with Crippen molar-refractivity contribution in [3.8, 4) is 5.75 Å². The third-order valence-corrected chi connectivity index (χ3v) is 6.45. The van der Waals surface area contributed by atoms with Crippen LogP contribution in [0.4, 0.5) is 0 Å². The van der Waals surface area contributed by atoms with Crippen molar-refractivity contribution >= 4 is 21.9 Å². The Morgan fingerprint density at radius 2 is 1.70 bits per heavy atom. The molecule has 0 heterocycles. The molecule has 1 aromatic rings. The lowest BCUT2D eigenvalue weighted by molar-refractivity contribution is -0.154. The molecule has 0 spiro atoms. The standard InChI is InChI=1S/C21H34N2O6S/c1-8-23(9-2)30(26,27)18-15-16(12-13-17(18)28-7)20(25)22(6)14-10-11-19(24)29-21(3,4)5/h12-13,15H,8-11,14H2,1-7H3. The number of nitrogens with zero attached hydrogens (tertiary/aromatic N) is 2. The Morgan fingerprint density at radius 1 is 1.10 bits per heavy atom. The quantitative estimate of drug-likeness (QED) is 0.517. The summed E-state index contributed by atoms with van der Waals surface area (Å²) < 4.78 is 37.7. The summed E-state index contributed by atoms with van der Waals surface area (Å²) in [5.41, 5.74) is -0.310. The molecule has 0 bridgehead atoms. The largest absolute Gasteiger partial charge is 0.495 e. The zero-order chi connectivity index (χ0) is 23.1. The van der Waals surface area contributed by atoms with Crippen LogP contribution < -0.4 is 4.74 Å². The van der Waals surface area contributed by atoms with Crippen molar-refractivity contribution in [1.82, 2.24) is 9.21 Å². The number of benzene rings is 1. The third kappa shape index (κ3) is 6.98. The molecule has 0 aromatic heterocycles. The smallest absolute Gasteiger partial charge is 0.306 e. The molecule has 9 heteroatoms. The first-order valence-electron chi connectivity index (χ1n) is 10.0. The minimum atomic E-state index is -3.79. The first-order chi connectivity index (χ1) is 13.9. The average Bonchev–Trinajstić information content (AvgIpc) is 2.66. The van der Waals surface area contributed by atoms with E-state index in [1.807, 2.05) is 0 Å². The number of carbonyl (C=O) groups is 2. The van der Waals surface area contributed by atoms with Crippen LogP contribution in [0.25, 0.3) is 0 Å². The first-order valence-corrected chi connectivity index (χ1v) is 11.5. The van der Waals surface area contributed by atoms with Crippen molar-refractivity contribution in [2.24, 2.45) is 0 Å². The van der Waals surface area contributed by atoms with Crippen molar-refractivity contribution < 1.29 is 27.5 Å². The Bertz CT molecular complexity index is 842. The molecule has 8 nitrogen and oxygen atoms in total. The minimum Gasteiger partial charge on any atom is -0.495 e. The molecule has 1 rings (SSSR count). The second kappa shape index (κ2) is 10.8. The Kier molecular flexibility index (Phi) is 9.30. The Hall–Kier alpha value is -2.13. The Morgan fingerprint density at radius 3 is 2.20 bits per heavy atom. The molecule has 0 N–H and O–H groups in total. The lowest BCUT2D eigenvalue weighted by Gasteiger charge is -2.22. The molecule has 0 atom stereocenters. The molecule has 30 heavy (non-hydrogen) atoms. The number of esters is 1. The van der Waals surface area contributed by atoms with Crippen molar-refractivity contribution in [2.45, 2.75) is 58.0 Å². The summed E-state index contributed by atoms with van der Waals surface area (Å²) in [6.07, 6.45) is 0.636. The van der Waals surface area contributed by atoms with Gasteiger partial charge in [0, 0.05) is 38.7 Å². The predicted molar refractivity (Wildman–Crippen MR) is 115 cm³/mol. The van der Waals surface area contributed by atoms with E-state index in [9.17, 15) is 18.0 Å². The predicted octanol–water partition coefficient (Wildman–Crippen LogP) is 2.92. The van der Waals surface area contributed by atoms with Gasteiger partial charge in [0.15, 0.2) is 0 Å². The van der Waals surface area contributed by atoms with E-state index < -0.39 is 15.6 Å². The number of ether oxygens (including phenoxy) is 2. The maximum absolute atomic E-state index is 12.9. The van der Waals surface area contributed by atoms with Crippen LogP contribution in [0.15, 0.2) is 23.1 Å². The van der Waals surface area contributed by atoms with Crippen molar-refractivity contribution in [3.05, 3.63) is 23.8 Å². The number of hydrogen-bond acceptors (Lipinski definition) is 6. The van der Waals surface area contributed by atoms with Gasteiger partial charge in [0.2, 0.25) is 10.0 Å². The summed E-state index contributed by atoms with van der Waals surface area (Å²) in [5, 5.41) is 0. The molecule has 0 saturated heterocycles. The van der Waals surface area contributed by atoms with Gasteiger partial charge >= 0.3 is 5.97 Å². The highest BCUT2D eigenvalue weighted by atomic mass is 32.2. The molecule has 0 aliphatic rings. The molecule has 0 aliphatic carbocycles. The second-order valence-electron chi connectivity index (χ2n) is 7.87. The van der Waals surface area contributed by atoms with E-state index in [4.69, 9.17) is 9.47 Å². The van der Waals surface area contributed by atoms with E-state index in [0.717, 1.165) is 0 Å². The summed E-state index contributed by atoms with van der Waals surface area (Å²) in [6, 6.07) is 4.37. The van der Waals surface area contributed by atoms with E-state index >= 15 is 0 Å². The molecule has 0 unspecified atom stereocenters. The van der Waals surface area contributed by atoms with Crippen molar-refractivity contribution in [1.29, 1.82) is 0 Å². The van der Waals surface area contributed by atoms with Gasteiger partial charge in [-0.2, -0.15) is 4.31 Å². The molecular weight excluding hydrogens is 408 g/mol. The highest BCUT2D eigenvalue weighted by molar-refractivity contribution is 7.89. The zero-order valence-electron chi connectivity index (χ0n) is 19.0. The van der Waals surface area contributed by atoms with E-state index in [1.165, 1.54) is 34.5 Å². The van der Waals surface area contributed by atoms with Crippen LogP contribution in [0.2, 0.25) is 0 Å². The first kappa shape index (κ1) is 25.9. The normalized spacial score (nSPS) is 12.0. The summed E-state index contributed by atoms with van der Waals surface area (Å²) in [7, 11) is -0.794. The average molecular weight is 443 g/mol. The Labute approximate surface area is 180 Å². The number of methoxy groups -OCH3 is 1. The van der Waals surface area contributed by atoms with Crippen LogP contribution in [0, 0.1) is 0 Å². The second-order valence-corrected chi connectivity index (χ2v) is 9.78. The van der Waals surface area contributed by atoms with Crippen LogP contribution in [0.5, 0.6) is 5.75 Å². The summed E-state index contributed by atoms with van der Waals surface area (Å²) in [5.74, 6) is -0.468. The van der Waals surface area contributed by atoms with Gasteiger partial charge in [-0.25, -0.2) is 8.42 Å². The fraction of sp³-hybridized carbons (Fsp3) is 0.619. The maximum atomic E-state index is 12.9. The van der Waals surface area contributed by atoms with Gasteiger partial charge in [-0.1, -0.05) is 13.8 Å². The van der Waals surface area contributed by atoms with E-state index in [1.54, 1.807) is 41.7 Å². The van der Waals surface area contributed by atoms with Crippen LogP contribution in [-0.2, 0) is 19.6 Å². The molecule has 0 aliphatic heterocycles. The molecule has 0 fully saturated rings. The molecule has 1 amide bonds. The number of hydrogen-bond donors (Lipinski definition) is 0. The van der Waals surface area contributed by atoms with Crippen LogP contribution >= 0.6 is 0 Å². The fourth-order valence-electron chi connectivity index (χ4n) is 2.89. The molecule has 0 radical (unpaired) electrons. The maximum Gasteiger partial charge on any atom is 0.306 e. The van der Waals surface area contributed by atoms with Gasteiger partial charge in [-0.15, -0.1) is 0 Å². The number of sulfonamides is 1. The van der Waals surface area contributed by atoms with Crippen LogP contribution in [0.3, 0.4) is 0 Å². The SMILES string of the molecule is CCN(CC)S(=O)(=O)c1cc(C(=O)N(C)CCCC(=O)OC(C)(C)C)ccc1OC. The number of amides is 1. The Balaban J connectivity index is 2.96. The van der Waals surface area contributed by atoms with Gasteiger partial charge < -0.3 is 14.4 Å². The summed E-state index contributed by atoms with van der Waals surface area (Å²) >= 11 is 0. The van der Waals surface area contributed by atoms with Gasteiger partial charge in [0.1, 0.15) is 16.2 Å². The lowest BCUT2D eigenvalue weighted by atomic mass is 10.1. The lowest BCUT2D eigenvalue weighted by Crippen LogP contribution is -2.32. The summed E-state index contributed by atoms with van der Waals surface area (Å²) in [6.45, 7) is 9.86. The number of carbonyl (C=O) groups excluding carboxylic acids is 2. The molecule has 0 saturated carbocycles. The molecule has 170 valence electrons. The van der Waals surface area contributed by atoms with Gasteiger partial charge in [-0.3, -0.25) is 9.59 Å². The fourth-order valence-corrected chi connectivity index (χ4v) is 4.53. The van der Waals surface area contributed by atoms with Crippen molar-refractivity contribution in [2.75, 3.05) is 33.8 Å². The van der Waals surface area contributed by atoms with Crippen LogP contribution in [-0.4, -0.2) is 68.9 Å². The van der Waals surface area contributed by atoms with Crippen LogP contribution in [0.1, 0.15) is 57.8 Å². The minimum absolute atomic E-state index is 0.0401. The van der Waals surface area contributed by atoms with Crippen molar-refractivity contribution in [3.63, 3.8) is 0 Å². The van der Waals surface area contributed by atoms with E-state index in [0.29, 0.717) is 26.1 Å². The van der Waals surface area contributed by atoms with Gasteiger partial charge in [0.25, 0.3) is 5.91 Å². The zero-order valence-corrected chi connectivity index (χ0v) is 19.8. The topological polar surface area (TPSA) is 93.2 Å². The molecule has 1 aromatic carbocycles.